The molecule has 2 aromatic carbocycles. The van der Waals surface area contributed by atoms with Crippen LogP contribution in [0.2, 0.25) is 5.04 Å². The summed E-state index contributed by atoms with van der Waals surface area (Å²) in [6.07, 6.45) is 0.839. The Morgan fingerprint density at radius 2 is 1.61 bits per heavy atom. The van der Waals surface area contributed by atoms with Gasteiger partial charge in [-0.2, -0.15) is 0 Å². The van der Waals surface area contributed by atoms with Gasteiger partial charge in [0.25, 0.3) is 8.32 Å². The minimum Gasteiger partial charge on any atom is -0.405 e. The first-order valence-electron chi connectivity index (χ1n) is 9.93. The van der Waals surface area contributed by atoms with Crippen LogP contribution in [0.5, 0.6) is 0 Å². The number of nitrogens with one attached hydrogen (secondary N) is 1. The first-order chi connectivity index (χ1) is 13.2. The van der Waals surface area contributed by atoms with E-state index in [2.05, 4.69) is 74.6 Å². The maximum absolute atomic E-state index is 11.8. The molecule has 2 atom stereocenters. The number of benzene rings is 2. The molecular formula is C23H31NO3Si. The van der Waals surface area contributed by atoms with E-state index in [1.165, 1.54) is 17.3 Å². The van der Waals surface area contributed by atoms with Crippen molar-refractivity contribution in [1.82, 2.24) is 5.32 Å². The maximum Gasteiger partial charge on any atom is 0.261 e. The average molecular weight is 398 g/mol. The number of aliphatic hydroxyl groups excluding tert-OH is 1. The molecule has 1 aliphatic carbocycles. The molecule has 0 aromatic heterocycles. The van der Waals surface area contributed by atoms with Crippen LogP contribution < -0.4 is 15.7 Å². The molecule has 28 heavy (non-hydrogen) atoms. The Hall–Kier alpha value is -1.95. The van der Waals surface area contributed by atoms with Crippen LogP contribution in [-0.2, 0) is 9.22 Å². The van der Waals surface area contributed by atoms with E-state index in [9.17, 15) is 9.90 Å². The molecule has 1 amide bonds. The van der Waals surface area contributed by atoms with E-state index >= 15 is 0 Å². The molecule has 150 valence electrons. The minimum absolute atomic E-state index is 0.134. The maximum atomic E-state index is 11.8. The Kier molecular flexibility index (Phi) is 5.80. The highest BCUT2D eigenvalue weighted by Gasteiger charge is 2.54. The Morgan fingerprint density at radius 3 is 1.93 bits per heavy atom. The van der Waals surface area contributed by atoms with Crippen LogP contribution >= 0.6 is 0 Å². The number of hydrogen-bond acceptors (Lipinski definition) is 3. The molecule has 1 fully saturated rings. The molecule has 0 aliphatic heterocycles. The molecule has 0 saturated heterocycles. The second kappa shape index (κ2) is 7.82. The fraction of sp³-hybridized carbons (Fsp3) is 0.435. The number of amides is 1. The lowest BCUT2D eigenvalue weighted by molar-refractivity contribution is -0.128. The zero-order valence-corrected chi connectivity index (χ0v) is 18.2. The first-order valence-corrected chi connectivity index (χ1v) is 11.8. The largest absolute Gasteiger partial charge is 0.405 e. The second-order valence-electron chi connectivity index (χ2n) is 8.84. The van der Waals surface area contributed by atoms with Gasteiger partial charge in [0.2, 0.25) is 5.91 Å². The van der Waals surface area contributed by atoms with Crippen molar-refractivity contribution in [2.75, 3.05) is 6.61 Å². The zero-order chi connectivity index (χ0) is 20.4. The van der Waals surface area contributed by atoms with Gasteiger partial charge in [-0.05, 0) is 28.3 Å². The molecule has 0 spiro atoms. The van der Waals surface area contributed by atoms with Crippen LogP contribution in [0, 0.1) is 0 Å². The topological polar surface area (TPSA) is 58.6 Å². The van der Waals surface area contributed by atoms with E-state index in [4.69, 9.17) is 4.43 Å². The van der Waals surface area contributed by atoms with Gasteiger partial charge in [0, 0.05) is 6.92 Å². The molecule has 3 rings (SSSR count). The predicted octanol–water partition coefficient (Wildman–Crippen LogP) is 2.59. The second-order valence-corrected chi connectivity index (χ2v) is 13.1. The summed E-state index contributed by atoms with van der Waals surface area (Å²) in [5.74, 6) is -0.134. The Balaban J connectivity index is 2.07. The van der Waals surface area contributed by atoms with Crippen LogP contribution in [-0.4, -0.2) is 37.6 Å². The molecule has 1 saturated carbocycles. The summed E-state index contributed by atoms with van der Waals surface area (Å²) in [4.78, 5) is 11.8. The van der Waals surface area contributed by atoms with Crippen LogP contribution in [0.4, 0.5) is 0 Å². The van der Waals surface area contributed by atoms with E-state index in [0.29, 0.717) is 13.0 Å². The van der Waals surface area contributed by atoms with Crippen molar-refractivity contribution >= 4 is 24.6 Å². The zero-order valence-electron chi connectivity index (χ0n) is 17.2. The molecule has 0 unspecified atom stereocenters. The van der Waals surface area contributed by atoms with Crippen LogP contribution in [0.25, 0.3) is 0 Å². The van der Waals surface area contributed by atoms with E-state index in [0.717, 1.165) is 6.42 Å². The van der Waals surface area contributed by atoms with Gasteiger partial charge in [-0.1, -0.05) is 81.4 Å². The molecule has 2 N–H and O–H groups in total. The number of carbonyl (C=O) groups excluding carboxylic acids is 1. The summed E-state index contributed by atoms with van der Waals surface area (Å²) in [7, 11) is -2.68. The number of hydrogen-bond donors (Lipinski definition) is 2. The monoisotopic (exact) mass is 397 g/mol. The van der Waals surface area contributed by atoms with Gasteiger partial charge >= 0.3 is 0 Å². The molecule has 0 heterocycles. The highest BCUT2D eigenvalue weighted by atomic mass is 28.4. The fourth-order valence-corrected chi connectivity index (χ4v) is 8.95. The summed E-state index contributed by atoms with van der Waals surface area (Å²) in [6.45, 7) is 8.47. The van der Waals surface area contributed by atoms with Crippen LogP contribution in [0.3, 0.4) is 0 Å². The van der Waals surface area contributed by atoms with Gasteiger partial charge in [0.15, 0.2) is 0 Å². The minimum atomic E-state index is -2.68. The Morgan fingerprint density at radius 1 is 1.11 bits per heavy atom. The van der Waals surface area contributed by atoms with E-state index < -0.39 is 20.0 Å². The fourth-order valence-electron chi connectivity index (χ4n) is 4.32. The third-order valence-electron chi connectivity index (χ3n) is 5.89. The first kappa shape index (κ1) is 20.8. The standard InChI is InChI=1S/C23H31NO3Si/c1-18(25)24-23(16-15-21(23)26)17-27-28(22(2,3)4,19-11-7-5-8-12-19)20-13-9-6-10-14-20/h5-14,21,26H,15-17H2,1-4H3,(H,24,25)/t21-,23-/m0/s1. The van der Waals surface area contributed by atoms with Gasteiger partial charge in [-0.3, -0.25) is 4.79 Å². The quantitative estimate of drug-likeness (QED) is 0.737. The summed E-state index contributed by atoms with van der Waals surface area (Å²) in [6, 6.07) is 20.8. The molecule has 0 radical (unpaired) electrons. The Bertz CT molecular complexity index is 764. The van der Waals surface area contributed by atoms with E-state index in [-0.39, 0.29) is 10.9 Å². The van der Waals surface area contributed by atoms with Gasteiger partial charge in [-0.15, -0.1) is 0 Å². The van der Waals surface area contributed by atoms with Crippen molar-refractivity contribution in [3.8, 4) is 0 Å². The van der Waals surface area contributed by atoms with Gasteiger partial charge in [-0.25, -0.2) is 0 Å². The SMILES string of the molecule is CC(=O)N[C@]1(CO[Si](c2ccccc2)(c2ccccc2)C(C)(C)C)CC[C@@H]1O. The number of aliphatic hydroxyl groups is 1. The molecular weight excluding hydrogens is 366 g/mol. The lowest BCUT2D eigenvalue weighted by Gasteiger charge is -2.50. The summed E-state index contributed by atoms with van der Waals surface area (Å²) < 4.78 is 6.91. The van der Waals surface area contributed by atoms with Gasteiger partial charge in [0.05, 0.1) is 18.2 Å². The van der Waals surface area contributed by atoms with E-state index in [1.54, 1.807) is 0 Å². The average Bonchev–Trinajstić information content (AvgIpc) is 2.66. The third-order valence-corrected chi connectivity index (χ3v) is 10.9. The van der Waals surface area contributed by atoms with Crippen molar-refractivity contribution in [3.63, 3.8) is 0 Å². The summed E-state index contributed by atoms with van der Waals surface area (Å²) >= 11 is 0. The molecule has 0 bridgehead atoms. The molecule has 1 aliphatic rings. The lowest BCUT2D eigenvalue weighted by Crippen LogP contribution is -2.71. The normalized spacial score (nSPS) is 22.4. The van der Waals surface area contributed by atoms with Gasteiger partial charge in [0.1, 0.15) is 0 Å². The number of carbonyl (C=O) groups is 1. The van der Waals surface area contributed by atoms with E-state index in [1.807, 2.05) is 12.1 Å². The van der Waals surface area contributed by atoms with Crippen molar-refractivity contribution in [1.29, 1.82) is 0 Å². The smallest absolute Gasteiger partial charge is 0.261 e. The molecule has 4 nitrogen and oxygen atoms in total. The number of rotatable bonds is 6. The highest BCUT2D eigenvalue weighted by Crippen LogP contribution is 2.39. The van der Waals surface area contributed by atoms with Crippen molar-refractivity contribution in [3.05, 3.63) is 60.7 Å². The van der Waals surface area contributed by atoms with Crippen molar-refractivity contribution in [2.24, 2.45) is 0 Å². The van der Waals surface area contributed by atoms with Crippen LogP contribution in [0.1, 0.15) is 40.5 Å². The predicted molar refractivity (Wildman–Crippen MR) is 115 cm³/mol. The molecule has 2 aromatic rings. The molecule has 5 heteroatoms. The van der Waals surface area contributed by atoms with Gasteiger partial charge < -0.3 is 14.8 Å². The highest BCUT2D eigenvalue weighted by molar-refractivity contribution is 6.99. The Labute approximate surface area is 169 Å². The summed E-state index contributed by atoms with van der Waals surface area (Å²) in [5.41, 5.74) is -0.696. The third kappa shape index (κ3) is 3.66. The van der Waals surface area contributed by atoms with Crippen molar-refractivity contribution in [2.45, 2.75) is 57.2 Å². The lowest BCUT2D eigenvalue weighted by atomic mass is 9.74. The van der Waals surface area contributed by atoms with Crippen molar-refractivity contribution < 1.29 is 14.3 Å². The summed E-state index contributed by atoms with van der Waals surface area (Å²) in [5, 5.41) is 15.7. The van der Waals surface area contributed by atoms with Crippen LogP contribution in [0.15, 0.2) is 60.7 Å².